The molecule has 0 radical (unpaired) electrons. The smallest absolute Gasteiger partial charge is 0.303 e. The molecule has 0 aliphatic rings. The number of hydrogen-bond acceptors (Lipinski definition) is 2. The summed E-state index contributed by atoms with van der Waals surface area (Å²) in [7, 11) is 1.66. The largest absolute Gasteiger partial charge is 0.496 e. The maximum absolute atomic E-state index is 10.9. The molecule has 0 heterocycles. The Bertz CT molecular complexity index is 647. The highest BCUT2D eigenvalue weighted by Gasteiger charge is 2.12. The van der Waals surface area contributed by atoms with Crippen molar-refractivity contribution in [1.82, 2.24) is 0 Å². The Morgan fingerprint density at radius 2 is 2.00 bits per heavy atom. The minimum Gasteiger partial charge on any atom is -0.496 e. The monoisotopic (exact) mass is 284 g/mol. The van der Waals surface area contributed by atoms with Crippen molar-refractivity contribution >= 4 is 5.97 Å². The van der Waals surface area contributed by atoms with Crippen molar-refractivity contribution in [2.45, 2.75) is 26.2 Å². The van der Waals surface area contributed by atoms with E-state index < -0.39 is 5.97 Å². The first-order valence-corrected chi connectivity index (χ1v) is 6.98. The zero-order valence-electron chi connectivity index (χ0n) is 12.6. The predicted molar refractivity (Wildman–Crippen MR) is 83.8 cm³/mol. The fourth-order valence-electron chi connectivity index (χ4n) is 2.44. The van der Waals surface area contributed by atoms with Crippen LogP contribution in [0.3, 0.4) is 0 Å². The number of rotatable bonds is 5. The van der Waals surface area contributed by atoms with Crippen LogP contribution in [0.2, 0.25) is 0 Å². The lowest BCUT2D eigenvalue weighted by Gasteiger charge is -2.13. The third-order valence-electron chi connectivity index (χ3n) is 3.60. The van der Waals surface area contributed by atoms with Gasteiger partial charge in [0, 0.05) is 5.56 Å². The molecule has 2 aromatic rings. The molecule has 0 amide bonds. The summed E-state index contributed by atoms with van der Waals surface area (Å²) in [6, 6.07) is 14.1. The van der Waals surface area contributed by atoms with Crippen LogP contribution < -0.4 is 4.74 Å². The molecule has 0 spiro atoms. The van der Waals surface area contributed by atoms with Gasteiger partial charge in [0.1, 0.15) is 5.75 Å². The number of methoxy groups -OCH3 is 1. The quantitative estimate of drug-likeness (QED) is 0.892. The normalized spacial score (nSPS) is 12.0. The summed E-state index contributed by atoms with van der Waals surface area (Å²) < 4.78 is 5.43. The molecule has 0 saturated carbocycles. The van der Waals surface area contributed by atoms with E-state index in [0.717, 1.165) is 28.0 Å². The summed E-state index contributed by atoms with van der Waals surface area (Å²) in [5.41, 5.74) is 4.26. The number of carboxylic acid groups (broad SMARTS) is 1. The minimum atomic E-state index is -0.777. The number of carboxylic acids is 1. The first-order valence-electron chi connectivity index (χ1n) is 6.98. The van der Waals surface area contributed by atoms with Crippen LogP contribution in [0.1, 0.15) is 30.4 Å². The number of carbonyl (C=O) groups is 1. The van der Waals surface area contributed by atoms with Gasteiger partial charge in [-0.3, -0.25) is 4.79 Å². The topological polar surface area (TPSA) is 46.5 Å². The van der Waals surface area contributed by atoms with Crippen LogP contribution in [-0.2, 0) is 4.79 Å². The second-order valence-electron chi connectivity index (χ2n) is 5.33. The molecule has 3 nitrogen and oxygen atoms in total. The lowest BCUT2D eigenvalue weighted by molar-refractivity contribution is -0.137. The van der Waals surface area contributed by atoms with Gasteiger partial charge in [-0.15, -0.1) is 0 Å². The predicted octanol–water partition coefficient (Wildman–Crippen LogP) is 4.25. The number of ether oxygens (including phenoxy) is 1. The summed E-state index contributed by atoms with van der Waals surface area (Å²) in [4.78, 5) is 10.9. The molecule has 2 aromatic carbocycles. The molecule has 1 N–H and O–H groups in total. The van der Waals surface area contributed by atoms with Gasteiger partial charge in [0.15, 0.2) is 0 Å². The number of hydrogen-bond donors (Lipinski definition) is 1. The van der Waals surface area contributed by atoms with E-state index in [2.05, 4.69) is 6.07 Å². The van der Waals surface area contributed by atoms with Crippen molar-refractivity contribution in [3.8, 4) is 16.9 Å². The van der Waals surface area contributed by atoms with Crippen molar-refractivity contribution in [2.24, 2.45) is 0 Å². The lowest BCUT2D eigenvalue weighted by atomic mass is 9.93. The molecule has 110 valence electrons. The van der Waals surface area contributed by atoms with Gasteiger partial charge in [0.25, 0.3) is 0 Å². The Morgan fingerprint density at radius 1 is 1.24 bits per heavy atom. The Hall–Kier alpha value is -2.29. The van der Waals surface area contributed by atoms with E-state index in [1.807, 2.05) is 50.2 Å². The highest BCUT2D eigenvalue weighted by Crippen LogP contribution is 2.32. The third kappa shape index (κ3) is 3.63. The Balaban J connectivity index is 2.41. The summed E-state index contributed by atoms with van der Waals surface area (Å²) >= 11 is 0. The summed E-state index contributed by atoms with van der Waals surface area (Å²) in [5.74, 6) is 0.0305. The molecule has 21 heavy (non-hydrogen) atoms. The molecule has 0 aliphatic carbocycles. The van der Waals surface area contributed by atoms with Crippen LogP contribution in [0.25, 0.3) is 11.1 Å². The van der Waals surface area contributed by atoms with Gasteiger partial charge in [0.05, 0.1) is 13.5 Å². The van der Waals surface area contributed by atoms with E-state index in [0.29, 0.717) is 0 Å². The van der Waals surface area contributed by atoms with Crippen LogP contribution >= 0.6 is 0 Å². The minimum absolute atomic E-state index is 0.0155. The molecular formula is C18H20O3. The van der Waals surface area contributed by atoms with Crippen LogP contribution in [0.5, 0.6) is 5.75 Å². The van der Waals surface area contributed by atoms with E-state index >= 15 is 0 Å². The van der Waals surface area contributed by atoms with E-state index in [1.54, 1.807) is 7.11 Å². The molecule has 3 heteroatoms. The number of aliphatic carboxylic acids is 1. The maximum Gasteiger partial charge on any atom is 0.303 e. The van der Waals surface area contributed by atoms with Crippen LogP contribution in [0.15, 0.2) is 42.5 Å². The summed E-state index contributed by atoms with van der Waals surface area (Å²) in [6.07, 6.45) is 0.133. The maximum atomic E-state index is 10.9. The first kappa shape index (κ1) is 15.1. The second-order valence-corrected chi connectivity index (χ2v) is 5.33. The summed E-state index contributed by atoms with van der Waals surface area (Å²) in [5, 5.41) is 8.93. The summed E-state index contributed by atoms with van der Waals surface area (Å²) in [6.45, 7) is 3.97. The molecule has 0 aromatic heterocycles. The second kappa shape index (κ2) is 6.44. The molecule has 0 aliphatic heterocycles. The van der Waals surface area contributed by atoms with Gasteiger partial charge < -0.3 is 9.84 Å². The van der Waals surface area contributed by atoms with E-state index in [4.69, 9.17) is 9.84 Å². The molecule has 1 atom stereocenters. The van der Waals surface area contributed by atoms with Crippen molar-refractivity contribution in [3.05, 3.63) is 53.6 Å². The van der Waals surface area contributed by atoms with E-state index in [-0.39, 0.29) is 12.3 Å². The average molecular weight is 284 g/mol. The van der Waals surface area contributed by atoms with Gasteiger partial charge >= 0.3 is 5.97 Å². The van der Waals surface area contributed by atoms with Crippen molar-refractivity contribution in [2.75, 3.05) is 7.11 Å². The van der Waals surface area contributed by atoms with Gasteiger partial charge in [-0.25, -0.2) is 0 Å². The van der Waals surface area contributed by atoms with Crippen molar-refractivity contribution < 1.29 is 14.6 Å². The van der Waals surface area contributed by atoms with Gasteiger partial charge in [0.2, 0.25) is 0 Å². The average Bonchev–Trinajstić information content (AvgIpc) is 2.46. The highest BCUT2D eigenvalue weighted by atomic mass is 16.5. The Labute approximate surface area is 125 Å². The van der Waals surface area contributed by atoms with Gasteiger partial charge in [-0.05, 0) is 36.1 Å². The van der Waals surface area contributed by atoms with Crippen LogP contribution in [-0.4, -0.2) is 18.2 Å². The fraction of sp³-hybridized carbons (Fsp3) is 0.278. The standard InChI is InChI=1S/C18H20O3/c1-12-7-8-17(21-3)16(9-12)15-6-4-5-14(11-15)13(2)10-18(19)20/h4-9,11,13H,10H2,1-3H3,(H,19,20). The van der Waals surface area contributed by atoms with Crippen LogP contribution in [0, 0.1) is 6.92 Å². The Kier molecular flexibility index (Phi) is 4.63. The zero-order chi connectivity index (χ0) is 15.4. The van der Waals surface area contributed by atoms with Crippen molar-refractivity contribution in [3.63, 3.8) is 0 Å². The van der Waals surface area contributed by atoms with Gasteiger partial charge in [-0.2, -0.15) is 0 Å². The molecule has 2 rings (SSSR count). The fourth-order valence-corrected chi connectivity index (χ4v) is 2.44. The molecule has 0 saturated heterocycles. The third-order valence-corrected chi connectivity index (χ3v) is 3.60. The number of benzene rings is 2. The van der Waals surface area contributed by atoms with Crippen molar-refractivity contribution in [1.29, 1.82) is 0 Å². The number of aryl methyl sites for hydroxylation is 1. The van der Waals surface area contributed by atoms with E-state index in [9.17, 15) is 4.79 Å². The first-order chi connectivity index (χ1) is 10.0. The van der Waals surface area contributed by atoms with Crippen LogP contribution in [0.4, 0.5) is 0 Å². The molecular weight excluding hydrogens is 264 g/mol. The molecule has 1 unspecified atom stereocenters. The Morgan fingerprint density at radius 3 is 2.67 bits per heavy atom. The van der Waals surface area contributed by atoms with Gasteiger partial charge in [-0.1, -0.05) is 42.8 Å². The molecule has 0 bridgehead atoms. The molecule has 0 fully saturated rings. The zero-order valence-corrected chi connectivity index (χ0v) is 12.6. The van der Waals surface area contributed by atoms with E-state index in [1.165, 1.54) is 0 Å². The highest BCUT2D eigenvalue weighted by molar-refractivity contribution is 5.72. The SMILES string of the molecule is COc1ccc(C)cc1-c1cccc(C(C)CC(=O)O)c1. The lowest BCUT2D eigenvalue weighted by Crippen LogP contribution is -2.02.